The molecule has 0 radical (unpaired) electrons. The first-order valence-corrected chi connectivity index (χ1v) is 9.56. The molecule has 31 heavy (non-hydrogen) atoms. The number of halogens is 11. The molecular formula is C15H16F11NO3S. The number of nitrogens with one attached hydrogen (secondary N) is 1. The average molecular weight is 499 g/mol. The van der Waals surface area contributed by atoms with Gasteiger partial charge in [0.15, 0.2) is 22.5 Å². The highest BCUT2D eigenvalue weighted by Crippen LogP contribution is 2.55. The molecule has 0 aromatic carbocycles. The topological polar surface area (TPSA) is 71.3 Å². The van der Waals surface area contributed by atoms with E-state index in [-0.39, 0.29) is 0 Å². The van der Waals surface area contributed by atoms with E-state index in [0.717, 1.165) is 0 Å². The first-order chi connectivity index (χ1) is 13.7. The van der Waals surface area contributed by atoms with E-state index < -0.39 is 71.4 Å². The molecule has 0 atom stereocenters. The monoisotopic (exact) mass is 499 g/mol. The van der Waals surface area contributed by atoms with Gasteiger partial charge < -0.3 is 4.55 Å². The van der Waals surface area contributed by atoms with E-state index in [1.807, 2.05) is 30.6 Å². The number of unbranched alkanes of at least 4 members (excludes halogenated alkanes) is 2. The number of aromatic nitrogens is 1. The van der Waals surface area contributed by atoms with Crippen molar-refractivity contribution in [1.29, 1.82) is 0 Å². The maximum Gasteiger partial charge on any atom is 0.402 e. The Kier molecular flexibility index (Phi) is 9.70. The van der Waals surface area contributed by atoms with Crippen molar-refractivity contribution in [3.63, 3.8) is 0 Å². The van der Waals surface area contributed by atoms with Crippen molar-refractivity contribution >= 4 is 10.1 Å². The van der Waals surface area contributed by atoms with E-state index in [1.54, 1.807) is 0 Å². The molecule has 0 saturated heterocycles. The van der Waals surface area contributed by atoms with Crippen molar-refractivity contribution in [3.8, 4) is 0 Å². The zero-order valence-electron chi connectivity index (χ0n) is 15.2. The minimum Gasteiger partial charge on any atom is -0.743 e. The molecule has 0 aliphatic rings. The molecule has 0 unspecified atom stereocenters. The fourth-order valence-corrected chi connectivity index (χ4v) is 2.36. The SMILES string of the molecule is O=S(=O)([O-])C(F)(F)C(F)(F)C(F)(F)C(F)(F)CCCCCC(F)(F)F.c1cc[nH+]cc1. The minimum atomic E-state index is -7.42. The van der Waals surface area contributed by atoms with Gasteiger partial charge in [0.2, 0.25) is 0 Å². The van der Waals surface area contributed by atoms with Gasteiger partial charge in [-0.15, -0.1) is 0 Å². The largest absolute Gasteiger partial charge is 0.743 e. The van der Waals surface area contributed by atoms with E-state index in [9.17, 15) is 61.3 Å². The zero-order chi connectivity index (χ0) is 24.8. The molecule has 1 N–H and O–H groups in total. The van der Waals surface area contributed by atoms with Gasteiger partial charge in [0.1, 0.15) is 0 Å². The zero-order valence-corrected chi connectivity index (χ0v) is 16.0. The summed E-state index contributed by atoms with van der Waals surface area (Å²) in [6, 6.07) is 5.86. The van der Waals surface area contributed by atoms with Crippen LogP contribution in [0.3, 0.4) is 0 Å². The summed E-state index contributed by atoms with van der Waals surface area (Å²) in [5.74, 6) is -20.1. The van der Waals surface area contributed by atoms with Gasteiger partial charge in [0.25, 0.3) is 0 Å². The predicted molar refractivity (Wildman–Crippen MR) is 81.6 cm³/mol. The lowest BCUT2D eigenvalue weighted by Crippen LogP contribution is -2.64. The average Bonchev–Trinajstić information content (AvgIpc) is 2.61. The summed E-state index contributed by atoms with van der Waals surface area (Å²) in [6.45, 7) is 0. The van der Waals surface area contributed by atoms with E-state index in [2.05, 4.69) is 4.98 Å². The Balaban J connectivity index is 0.00000127. The van der Waals surface area contributed by atoms with Gasteiger partial charge >= 0.3 is 29.2 Å². The Labute approximate surface area is 169 Å². The van der Waals surface area contributed by atoms with Crippen LogP contribution in [-0.2, 0) is 10.1 Å². The third kappa shape index (κ3) is 7.73. The third-order valence-corrected chi connectivity index (χ3v) is 4.48. The minimum absolute atomic E-state index is 0.771. The van der Waals surface area contributed by atoms with Crippen LogP contribution in [0.1, 0.15) is 32.1 Å². The molecule has 182 valence electrons. The van der Waals surface area contributed by atoms with Gasteiger partial charge in [-0.25, -0.2) is 13.4 Å². The van der Waals surface area contributed by atoms with Gasteiger partial charge in [-0.1, -0.05) is 12.5 Å². The van der Waals surface area contributed by atoms with Crippen LogP contribution in [0.5, 0.6) is 0 Å². The number of hydrogen-bond donors (Lipinski definition) is 0. The van der Waals surface area contributed by atoms with Crippen molar-refractivity contribution in [2.24, 2.45) is 0 Å². The number of rotatable bonds is 9. The molecular weight excluding hydrogens is 483 g/mol. The Morgan fingerprint density at radius 3 is 1.45 bits per heavy atom. The summed E-state index contributed by atoms with van der Waals surface area (Å²) in [5.41, 5.74) is 0. The van der Waals surface area contributed by atoms with Crippen LogP contribution in [-0.4, -0.2) is 42.2 Å². The number of hydrogen-bond acceptors (Lipinski definition) is 3. The van der Waals surface area contributed by atoms with Gasteiger partial charge in [0, 0.05) is 25.0 Å². The molecule has 0 bridgehead atoms. The quantitative estimate of drug-likeness (QED) is 0.272. The van der Waals surface area contributed by atoms with Crippen LogP contribution >= 0.6 is 0 Å². The highest BCUT2D eigenvalue weighted by Gasteiger charge is 2.82. The third-order valence-electron chi connectivity index (χ3n) is 3.59. The molecule has 1 heterocycles. The maximum atomic E-state index is 13.2. The molecule has 16 heteroatoms. The van der Waals surface area contributed by atoms with Crippen LogP contribution in [0.2, 0.25) is 0 Å². The summed E-state index contributed by atoms with van der Waals surface area (Å²) in [4.78, 5) is 2.89. The summed E-state index contributed by atoms with van der Waals surface area (Å²) in [7, 11) is -7.42. The Hall–Kier alpha value is -1.71. The molecule has 0 aliphatic carbocycles. The fraction of sp³-hybridized carbons (Fsp3) is 0.667. The Bertz CT molecular complexity index is 741. The first-order valence-electron chi connectivity index (χ1n) is 8.15. The van der Waals surface area contributed by atoms with Crippen molar-refractivity contribution in [2.45, 2.75) is 61.3 Å². The van der Waals surface area contributed by atoms with Crippen molar-refractivity contribution < 1.29 is 66.2 Å². The Morgan fingerprint density at radius 1 is 0.677 bits per heavy atom. The predicted octanol–water partition coefficient (Wildman–Crippen LogP) is 5.04. The molecule has 0 spiro atoms. The summed E-state index contributed by atoms with van der Waals surface area (Å²) >= 11 is 0. The number of aromatic amines is 1. The lowest BCUT2D eigenvalue weighted by Gasteiger charge is -2.37. The fourth-order valence-electron chi connectivity index (χ4n) is 1.92. The van der Waals surface area contributed by atoms with Gasteiger partial charge in [-0.3, -0.25) is 0 Å². The first kappa shape index (κ1) is 29.3. The van der Waals surface area contributed by atoms with Crippen LogP contribution in [0.4, 0.5) is 48.3 Å². The molecule has 0 fully saturated rings. The van der Waals surface area contributed by atoms with Gasteiger partial charge in [0.05, 0.1) is 0 Å². The number of alkyl halides is 11. The lowest BCUT2D eigenvalue weighted by atomic mass is 9.98. The lowest BCUT2D eigenvalue weighted by molar-refractivity contribution is -0.377. The van der Waals surface area contributed by atoms with E-state index >= 15 is 0 Å². The van der Waals surface area contributed by atoms with Crippen LogP contribution in [0, 0.1) is 0 Å². The number of pyridine rings is 1. The van der Waals surface area contributed by atoms with E-state index in [4.69, 9.17) is 0 Å². The van der Waals surface area contributed by atoms with Crippen LogP contribution < -0.4 is 4.98 Å². The second kappa shape index (κ2) is 10.3. The smallest absolute Gasteiger partial charge is 0.402 e. The molecule has 0 saturated carbocycles. The van der Waals surface area contributed by atoms with Crippen LogP contribution in [0.25, 0.3) is 0 Å². The summed E-state index contributed by atoms with van der Waals surface area (Å²) < 4.78 is 169. The molecule has 4 nitrogen and oxygen atoms in total. The summed E-state index contributed by atoms with van der Waals surface area (Å²) in [6.07, 6.45) is -7.39. The standard InChI is InChI=1S/C10H11F11O3S.C5H5N/c11-6(12,4-2-1-3-5-7(13,14)15)8(16,17)9(18,19)10(20,21)25(22,23)24;1-2-4-6-5-3-1/h1-5H2,(H,22,23,24);1-5H. The molecule has 1 rings (SSSR count). The Morgan fingerprint density at radius 2 is 1.13 bits per heavy atom. The van der Waals surface area contributed by atoms with E-state index in [0.29, 0.717) is 0 Å². The molecule has 0 amide bonds. The summed E-state index contributed by atoms with van der Waals surface area (Å²) in [5, 5.41) is -7.04. The van der Waals surface area contributed by atoms with Crippen molar-refractivity contribution in [1.82, 2.24) is 0 Å². The van der Waals surface area contributed by atoms with Gasteiger partial charge in [-0.05, 0) is 12.8 Å². The highest BCUT2D eigenvalue weighted by molar-refractivity contribution is 7.86. The highest BCUT2D eigenvalue weighted by atomic mass is 32.2. The van der Waals surface area contributed by atoms with Gasteiger partial charge in [-0.2, -0.15) is 48.3 Å². The second-order valence-corrected chi connectivity index (χ2v) is 7.50. The van der Waals surface area contributed by atoms with Crippen molar-refractivity contribution in [2.75, 3.05) is 0 Å². The van der Waals surface area contributed by atoms with Crippen LogP contribution in [0.15, 0.2) is 30.6 Å². The molecule has 0 aliphatic heterocycles. The van der Waals surface area contributed by atoms with E-state index in [1.165, 1.54) is 0 Å². The number of H-pyrrole nitrogens is 1. The van der Waals surface area contributed by atoms with Crippen molar-refractivity contribution in [3.05, 3.63) is 30.6 Å². The maximum absolute atomic E-state index is 13.2. The second-order valence-electron chi connectivity index (χ2n) is 6.08. The molecule has 1 aromatic heterocycles. The molecule has 1 aromatic rings. The normalized spacial score (nSPS) is 14.1.